The van der Waals surface area contributed by atoms with Gasteiger partial charge in [0.15, 0.2) is 0 Å². The average Bonchev–Trinajstić information content (AvgIpc) is 2.90. The van der Waals surface area contributed by atoms with Crippen molar-refractivity contribution in [1.82, 2.24) is 5.32 Å². The van der Waals surface area contributed by atoms with Gasteiger partial charge in [-0.15, -0.1) is 0 Å². The predicted molar refractivity (Wildman–Crippen MR) is 69.8 cm³/mol. The van der Waals surface area contributed by atoms with E-state index in [2.05, 4.69) is 5.32 Å². The highest BCUT2D eigenvalue weighted by molar-refractivity contribution is 5.87. The minimum absolute atomic E-state index is 0.153. The van der Waals surface area contributed by atoms with Crippen LogP contribution in [-0.2, 0) is 14.3 Å². The van der Waals surface area contributed by atoms with E-state index in [0.29, 0.717) is 25.7 Å². The monoisotopic (exact) mass is 269 g/mol. The van der Waals surface area contributed by atoms with Crippen LogP contribution in [0.4, 0.5) is 0 Å². The van der Waals surface area contributed by atoms with Gasteiger partial charge in [-0.25, -0.2) is 4.79 Å². The van der Waals surface area contributed by atoms with Gasteiger partial charge in [0.25, 0.3) is 0 Å². The van der Waals surface area contributed by atoms with E-state index in [4.69, 9.17) is 4.74 Å². The van der Waals surface area contributed by atoms with Gasteiger partial charge < -0.3 is 15.2 Å². The number of amides is 1. The molecule has 19 heavy (non-hydrogen) atoms. The molecule has 0 spiro atoms. The molecule has 0 aromatic rings. The molecule has 2 aliphatic rings. The number of carbonyl (C=O) groups is 2. The van der Waals surface area contributed by atoms with E-state index in [-0.39, 0.29) is 12.0 Å². The first-order valence-corrected chi connectivity index (χ1v) is 7.28. The van der Waals surface area contributed by atoms with Crippen molar-refractivity contribution in [2.75, 3.05) is 6.61 Å². The van der Waals surface area contributed by atoms with Crippen molar-refractivity contribution in [2.45, 2.75) is 69.4 Å². The Morgan fingerprint density at radius 3 is 2.53 bits per heavy atom. The molecule has 5 nitrogen and oxygen atoms in total. The van der Waals surface area contributed by atoms with Gasteiger partial charge in [-0.05, 0) is 32.1 Å². The van der Waals surface area contributed by atoms with Gasteiger partial charge in [0.2, 0.25) is 5.91 Å². The summed E-state index contributed by atoms with van der Waals surface area (Å²) in [6.45, 7) is 0.783. The topological polar surface area (TPSA) is 75.6 Å². The summed E-state index contributed by atoms with van der Waals surface area (Å²) >= 11 is 0. The largest absolute Gasteiger partial charge is 0.480 e. The Kier molecular flexibility index (Phi) is 4.80. The number of ether oxygens (including phenoxy) is 1. The van der Waals surface area contributed by atoms with E-state index in [1.165, 1.54) is 0 Å². The Bertz CT molecular complexity index is 330. The fourth-order valence-corrected chi connectivity index (χ4v) is 3.04. The van der Waals surface area contributed by atoms with Crippen LogP contribution in [0, 0.1) is 0 Å². The van der Waals surface area contributed by atoms with Gasteiger partial charge in [0.1, 0.15) is 5.54 Å². The van der Waals surface area contributed by atoms with Crippen LogP contribution in [0.3, 0.4) is 0 Å². The van der Waals surface area contributed by atoms with Gasteiger partial charge in [0.05, 0.1) is 6.10 Å². The van der Waals surface area contributed by atoms with Crippen molar-refractivity contribution >= 4 is 11.9 Å². The zero-order valence-electron chi connectivity index (χ0n) is 11.3. The van der Waals surface area contributed by atoms with E-state index in [1.807, 2.05) is 0 Å². The third-order valence-electron chi connectivity index (χ3n) is 4.21. The number of hydrogen-bond acceptors (Lipinski definition) is 3. The number of rotatable bonds is 5. The van der Waals surface area contributed by atoms with E-state index in [0.717, 1.165) is 38.7 Å². The predicted octanol–water partition coefficient (Wildman–Crippen LogP) is 1.85. The van der Waals surface area contributed by atoms with Crippen molar-refractivity contribution < 1.29 is 19.4 Å². The lowest BCUT2D eigenvalue weighted by molar-refractivity contribution is -0.149. The summed E-state index contributed by atoms with van der Waals surface area (Å²) in [5, 5.41) is 12.1. The van der Waals surface area contributed by atoms with E-state index < -0.39 is 11.5 Å². The van der Waals surface area contributed by atoms with Gasteiger partial charge >= 0.3 is 5.97 Å². The molecule has 2 fully saturated rings. The molecule has 2 rings (SSSR count). The lowest BCUT2D eigenvalue weighted by atomic mass is 9.81. The fourth-order valence-electron chi connectivity index (χ4n) is 3.04. The summed E-state index contributed by atoms with van der Waals surface area (Å²) in [7, 11) is 0. The molecule has 0 radical (unpaired) electrons. The second-order valence-corrected chi connectivity index (χ2v) is 5.67. The molecule has 0 aromatic heterocycles. The Hall–Kier alpha value is -1.10. The minimum atomic E-state index is -1.02. The van der Waals surface area contributed by atoms with Gasteiger partial charge in [-0.2, -0.15) is 0 Å². The highest BCUT2D eigenvalue weighted by Gasteiger charge is 2.40. The van der Waals surface area contributed by atoms with Gasteiger partial charge in [-0.1, -0.05) is 19.3 Å². The first-order valence-electron chi connectivity index (χ1n) is 7.28. The molecule has 1 atom stereocenters. The van der Waals surface area contributed by atoms with Crippen LogP contribution in [0.25, 0.3) is 0 Å². The maximum absolute atomic E-state index is 11.9. The lowest BCUT2D eigenvalue weighted by Crippen LogP contribution is -2.55. The summed E-state index contributed by atoms with van der Waals surface area (Å²) in [6.07, 6.45) is 7.21. The molecule has 0 bridgehead atoms. The van der Waals surface area contributed by atoms with E-state index >= 15 is 0 Å². The molecule has 2 N–H and O–H groups in total. The van der Waals surface area contributed by atoms with Crippen molar-refractivity contribution in [3.8, 4) is 0 Å². The highest BCUT2D eigenvalue weighted by atomic mass is 16.5. The van der Waals surface area contributed by atoms with Crippen molar-refractivity contribution in [1.29, 1.82) is 0 Å². The SMILES string of the molecule is O=C(CCC1CCCO1)NC1(C(=O)O)CCCCC1. The fraction of sp³-hybridized carbons (Fsp3) is 0.857. The van der Waals surface area contributed by atoms with Crippen LogP contribution in [0.2, 0.25) is 0 Å². The normalized spacial score (nSPS) is 26.0. The second-order valence-electron chi connectivity index (χ2n) is 5.67. The summed E-state index contributed by atoms with van der Waals surface area (Å²) in [5.74, 6) is -1.04. The standard InChI is InChI=1S/C14H23NO4/c16-12(7-6-11-5-4-10-19-11)15-14(13(17)18)8-2-1-3-9-14/h11H,1-10H2,(H,15,16)(H,17,18). The molecule has 1 saturated carbocycles. The number of carboxylic acids is 1. The van der Waals surface area contributed by atoms with Crippen molar-refractivity contribution in [2.24, 2.45) is 0 Å². The number of carbonyl (C=O) groups excluding carboxylic acids is 1. The summed E-state index contributed by atoms with van der Waals surface area (Å²) in [5.41, 5.74) is -1.02. The highest BCUT2D eigenvalue weighted by Crippen LogP contribution is 2.28. The molecular weight excluding hydrogens is 246 g/mol. The van der Waals surface area contributed by atoms with Crippen LogP contribution in [0.5, 0.6) is 0 Å². The summed E-state index contributed by atoms with van der Waals surface area (Å²) < 4.78 is 5.47. The first-order chi connectivity index (χ1) is 9.12. The molecule has 5 heteroatoms. The smallest absolute Gasteiger partial charge is 0.329 e. The third-order valence-corrected chi connectivity index (χ3v) is 4.21. The number of hydrogen-bond donors (Lipinski definition) is 2. The first kappa shape index (κ1) is 14.3. The average molecular weight is 269 g/mol. The number of carboxylic acid groups (broad SMARTS) is 1. The minimum Gasteiger partial charge on any atom is -0.480 e. The summed E-state index contributed by atoms with van der Waals surface area (Å²) in [4.78, 5) is 23.4. The Morgan fingerprint density at radius 1 is 1.21 bits per heavy atom. The zero-order chi connectivity index (χ0) is 13.7. The molecule has 0 aromatic carbocycles. The Labute approximate surface area is 113 Å². The maximum Gasteiger partial charge on any atom is 0.329 e. The Morgan fingerprint density at radius 2 is 1.95 bits per heavy atom. The molecule has 1 aliphatic heterocycles. The van der Waals surface area contributed by atoms with E-state index in [9.17, 15) is 14.7 Å². The molecule has 1 aliphatic carbocycles. The molecule has 1 saturated heterocycles. The van der Waals surface area contributed by atoms with Crippen molar-refractivity contribution in [3.05, 3.63) is 0 Å². The molecular formula is C14H23NO4. The van der Waals surface area contributed by atoms with Crippen LogP contribution < -0.4 is 5.32 Å². The van der Waals surface area contributed by atoms with Crippen LogP contribution in [-0.4, -0.2) is 35.2 Å². The van der Waals surface area contributed by atoms with Crippen LogP contribution >= 0.6 is 0 Å². The van der Waals surface area contributed by atoms with Crippen LogP contribution in [0.1, 0.15) is 57.8 Å². The number of aliphatic carboxylic acids is 1. The van der Waals surface area contributed by atoms with Crippen LogP contribution in [0.15, 0.2) is 0 Å². The maximum atomic E-state index is 11.9. The summed E-state index contributed by atoms with van der Waals surface area (Å²) in [6, 6.07) is 0. The second kappa shape index (κ2) is 6.37. The molecule has 1 unspecified atom stereocenters. The molecule has 1 amide bonds. The Balaban J connectivity index is 1.82. The lowest BCUT2D eigenvalue weighted by Gasteiger charge is -2.34. The molecule has 108 valence electrons. The van der Waals surface area contributed by atoms with Gasteiger partial charge in [-0.3, -0.25) is 4.79 Å². The third kappa shape index (κ3) is 3.69. The number of nitrogens with one attached hydrogen (secondary N) is 1. The van der Waals surface area contributed by atoms with E-state index in [1.54, 1.807) is 0 Å². The van der Waals surface area contributed by atoms with Gasteiger partial charge in [0, 0.05) is 13.0 Å². The zero-order valence-corrected chi connectivity index (χ0v) is 11.3. The molecule has 1 heterocycles. The van der Waals surface area contributed by atoms with Crippen molar-refractivity contribution in [3.63, 3.8) is 0 Å². The quantitative estimate of drug-likeness (QED) is 0.798.